The maximum Gasteiger partial charge on any atom is 0.246 e. The molecule has 102 valence electrons. The van der Waals surface area contributed by atoms with Gasteiger partial charge in [0.2, 0.25) is 5.91 Å². The molecule has 1 saturated heterocycles. The summed E-state index contributed by atoms with van der Waals surface area (Å²) in [6.45, 7) is 5.25. The molecule has 1 aromatic rings. The number of carbonyl (C=O) groups excluding carboxylic acids is 1. The summed E-state index contributed by atoms with van der Waals surface area (Å²) < 4.78 is 0. The van der Waals surface area contributed by atoms with Gasteiger partial charge in [-0.25, -0.2) is 0 Å². The van der Waals surface area contributed by atoms with E-state index < -0.39 is 0 Å². The fourth-order valence-corrected chi connectivity index (χ4v) is 2.61. The van der Waals surface area contributed by atoms with E-state index in [4.69, 9.17) is 5.73 Å². The molecule has 1 aliphatic heterocycles. The zero-order chi connectivity index (χ0) is 13.8. The molecule has 1 heterocycles. The molecule has 0 aromatic heterocycles. The molecular formula is C16H22N2O. The van der Waals surface area contributed by atoms with Gasteiger partial charge in [0.05, 0.1) is 0 Å². The third kappa shape index (κ3) is 3.60. The highest BCUT2D eigenvalue weighted by Crippen LogP contribution is 2.22. The lowest BCUT2D eigenvalue weighted by molar-refractivity contribution is -0.129. The number of nitrogen functional groups attached to an aromatic ring is 1. The SMILES string of the molecule is CC1CCN(C(=O)/C=C/c2ccc(N)cc2)C(C)C1. The number of amides is 1. The molecule has 1 fully saturated rings. The molecule has 0 aliphatic carbocycles. The van der Waals surface area contributed by atoms with E-state index in [2.05, 4.69) is 13.8 Å². The Morgan fingerprint density at radius 2 is 2.00 bits per heavy atom. The lowest BCUT2D eigenvalue weighted by Gasteiger charge is -2.35. The van der Waals surface area contributed by atoms with Crippen LogP contribution in [-0.4, -0.2) is 23.4 Å². The molecule has 2 rings (SSSR count). The molecule has 0 radical (unpaired) electrons. The van der Waals surface area contributed by atoms with Crippen molar-refractivity contribution < 1.29 is 4.79 Å². The molecule has 0 spiro atoms. The second-order valence-electron chi connectivity index (χ2n) is 5.51. The van der Waals surface area contributed by atoms with E-state index >= 15 is 0 Å². The molecule has 0 saturated carbocycles. The number of piperidine rings is 1. The molecule has 2 unspecified atom stereocenters. The van der Waals surface area contributed by atoms with Gasteiger partial charge < -0.3 is 10.6 Å². The number of nitrogens with zero attached hydrogens (tertiary/aromatic N) is 1. The van der Waals surface area contributed by atoms with Crippen molar-refractivity contribution in [3.05, 3.63) is 35.9 Å². The van der Waals surface area contributed by atoms with Gasteiger partial charge in [-0.1, -0.05) is 19.1 Å². The Labute approximate surface area is 115 Å². The van der Waals surface area contributed by atoms with E-state index in [1.807, 2.05) is 35.2 Å². The Bertz CT molecular complexity index is 464. The molecule has 1 aliphatic rings. The van der Waals surface area contributed by atoms with Crippen LogP contribution in [0, 0.1) is 5.92 Å². The number of carbonyl (C=O) groups is 1. The van der Waals surface area contributed by atoms with Crippen LogP contribution in [0.1, 0.15) is 32.3 Å². The predicted octanol–water partition coefficient (Wildman–Crippen LogP) is 2.93. The van der Waals surface area contributed by atoms with Gasteiger partial charge in [0, 0.05) is 24.4 Å². The van der Waals surface area contributed by atoms with E-state index in [1.165, 1.54) is 0 Å². The molecule has 1 amide bonds. The standard InChI is InChI=1S/C16H22N2O/c1-12-9-10-18(13(2)11-12)16(19)8-5-14-3-6-15(17)7-4-14/h3-8,12-13H,9-11,17H2,1-2H3/b8-5+. The highest BCUT2D eigenvalue weighted by atomic mass is 16.2. The average molecular weight is 258 g/mol. The van der Waals surface area contributed by atoms with Crippen molar-refractivity contribution in [3.63, 3.8) is 0 Å². The van der Waals surface area contributed by atoms with E-state index in [0.717, 1.165) is 36.6 Å². The maximum absolute atomic E-state index is 12.2. The molecule has 3 nitrogen and oxygen atoms in total. The lowest BCUT2D eigenvalue weighted by atomic mass is 9.93. The summed E-state index contributed by atoms with van der Waals surface area (Å²) in [6, 6.07) is 7.86. The van der Waals surface area contributed by atoms with Gasteiger partial charge in [0.1, 0.15) is 0 Å². The van der Waals surface area contributed by atoms with Crippen LogP contribution >= 0.6 is 0 Å². The minimum atomic E-state index is 0.108. The summed E-state index contributed by atoms with van der Waals surface area (Å²) in [5.41, 5.74) is 7.37. The Morgan fingerprint density at radius 3 is 2.63 bits per heavy atom. The normalized spacial score (nSPS) is 23.8. The summed E-state index contributed by atoms with van der Waals surface area (Å²) in [5, 5.41) is 0. The first-order valence-electron chi connectivity index (χ1n) is 6.90. The van der Waals surface area contributed by atoms with Crippen molar-refractivity contribution in [2.24, 2.45) is 5.92 Å². The van der Waals surface area contributed by atoms with Crippen LogP contribution in [0.5, 0.6) is 0 Å². The quantitative estimate of drug-likeness (QED) is 0.655. The van der Waals surface area contributed by atoms with Crippen molar-refractivity contribution in [2.45, 2.75) is 32.7 Å². The minimum Gasteiger partial charge on any atom is -0.399 e. The van der Waals surface area contributed by atoms with Gasteiger partial charge in [0.15, 0.2) is 0 Å². The number of likely N-dealkylation sites (tertiary alicyclic amines) is 1. The molecule has 3 heteroatoms. The van der Waals surface area contributed by atoms with E-state index in [0.29, 0.717) is 6.04 Å². The molecular weight excluding hydrogens is 236 g/mol. The average Bonchev–Trinajstić information content (AvgIpc) is 2.37. The zero-order valence-corrected chi connectivity index (χ0v) is 11.7. The lowest BCUT2D eigenvalue weighted by Crippen LogP contribution is -2.43. The second kappa shape index (κ2) is 5.91. The van der Waals surface area contributed by atoms with Crippen LogP contribution in [0.2, 0.25) is 0 Å². The third-order valence-electron chi connectivity index (χ3n) is 3.78. The van der Waals surface area contributed by atoms with E-state index in [-0.39, 0.29) is 5.91 Å². The van der Waals surface area contributed by atoms with Gasteiger partial charge in [0.25, 0.3) is 0 Å². The first-order valence-corrected chi connectivity index (χ1v) is 6.90. The largest absolute Gasteiger partial charge is 0.399 e. The zero-order valence-electron chi connectivity index (χ0n) is 11.7. The first kappa shape index (κ1) is 13.7. The molecule has 0 bridgehead atoms. The summed E-state index contributed by atoms with van der Waals surface area (Å²) in [4.78, 5) is 14.1. The number of anilines is 1. The molecule has 2 N–H and O–H groups in total. The van der Waals surface area contributed by atoms with Gasteiger partial charge >= 0.3 is 0 Å². The Kier molecular flexibility index (Phi) is 4.25. The fraction of sp³-hybridized carbons (Fsp3) is 0.438. The smallest absolute Gasteiger partial charge is 0.246 e. The van der Waals surface area contributed by atoms with Crippen LogP contribution in [0.4, 0.5) is 5.69 Å². The monoisotopic (exact) mass is 258 g/mol. The highest BCUT2D eigenvalue weighted by Gasteiger charge is 2.25. The van der Waals surface area contributed by atoms with Crippen molar-refractivity contribution in [1.82, 2.24) is 4.90 Å². The van der Waals surface area contributed by atoms with Crippen LogP contribution in [0.25, 0.3) is 6.08 Å². The topological polar surface area (TPSA) is 46.3 Å². The number of benzene rings is 1. The summed E-state index contributed by atoms with van der Waals surface area (Å²) in [7, 11) is 0. The van der Waals surface area contributed by atoms with Gasteiger partial charge in [-0.2, -0.15) is 0 Å². The van der Waals surface area contributed by atoms with Crippen molar-refractivity contribution in [1.29, 1.82) is 0 Å². The number of hydrogen-bond acceptors (Lipinski definition) is 2. The van der Waals surface area contributed by atoms with Crippen molar-refractivity contribution in [2.75, 3.05) is 12.3 Å². The molecule has 2 atom stereocenters. The van der Waals surface area contributed by atoms with Gasteiger partial charge in [-0.15, -0.1) is 0 Å². The number of hydrogen-bond donors (Lipinski definition) is 1. The first-order chi connectivity index (χ1) is 9.06. The van der Waals surface area contributed by atoms with E-state index in [1.54, 1.807) is 6.08 Å². The minimum absolute atomic E-state index is 0.108. The number of rotatable bonds is 2. The fourth-order valence-electron chi connectivity index (χ4n) is 2.61. The third-order valence-corrected chi connectivity index (χ3v) is 3.78. The Morgan fingerprint density at radius 1 is 1.32 bits per heavy atom. The summed E-state index contributed by atoms with van der Waals surface area (Å²) >= 11 is 0. The van der Waals surface area contributed by atoms with E-state index in [9.17, 15) is 4.79 Å². The van der Waals surface area contributed by atoms with Crippen LogP contribution in [-0.2, 0) is 4.79 Å². The van der Waals surface area contributed by atoms with Crippen molar-refractivity contribution in [3.8, 4) is 0 Å². The number of nitrogens with two attached hydrogens (primary N) is 1. The highest BCUT2D eigenvalue weighted by molar-refractivity contribution is 5.92. The van der Waals surface area contributed by atoms with Crippen molar-refractivity contribution >= 4 is 17.7 Å². The van der Waals surface area contributed by atoms with Crippen LogP contribution in [0.3, 0.4) is 0 Å². The Hall–Kier alpha value is -1.77. The Balaban J connectivity index is 1.98. The van der Waals surface area contributed by atoms with Crippen LogP contribution in [0.15, 0.2) is 30.3 Å². The summed E-state index contributed by atoms with van der Waals surface area (Å²) in [5.74, 6) is 0.830. The van der Waals surface area contributed by atoms with Crippen LogP contribution < -0.4 is 5.73 Å². The predicted molar refractivity (Wildman–Crippen MR) is 79.5 cm³/mol. The van der Waals surface area contributed by atoms with Gasteiger partial charge in [-0.05, 0) is 49.5 Å². The molecule has 19 heavy (non-hydrogen) atoms. The molecule has 1 aromatic carbocycles. The second-order valence-corrected chi connectivity index (χ2v) is 5.51. The van der Waals surface area contributed by atoms with Gasteiger partial charge in [-0.3, -0.25) is 4.79 Å². The maximum atomic E-state index is 12.2. The summed E-state index contributed by atoms with van der Waals surface area (Å²) in [6.07, 6.45) is 5.72.